The van der Waals surface area contributed by atoms with Crippen molar-refractivity contribution in [1.29, 1.82) is 0 Å². The molecular weight excluding hydrogens is 267 g/mol. The van der Waals surface area contributed by atoms with Crippen LogP contribution < -0.4 is 10.1 Å². The van der Waals surface area contributed by atoms with E-state index in [0.717, 1.165) is 12.1 Å². The Morgan fingerprint density at radius 1 is 1.32 bits per heavy atom. The van der Waals surface area contributed by atoms with Crippen LogP contribution in [-0.4, -0.2) is 24.8 Å². The van der Waals surface area contributed by atoms with Crippen LogP contribution in [0.3, 0.4) is 0 Å². The number of amides is 1. The van der Waals surface area contributed by atoms with E-state index in [1.807, 2.05) is 0 Å². The zero-order chi connectivity index (χ0) is 14.5. The van der Waals surface area contributed by atoms with Crippen LogP contribution in [-0.2, 0) is 14.3 Å². The Hall–Kier alpha value is -2.25. The summed E-state index contributed by atoms with van der Waals surface area (Å²) in [6.45, 7) is 1.53. The van der Waals surface area contributed by atoms with Crippen molar-refractivity contribution in [2.24, 2.45) is 0 Å². The topological polar surface area (TPSA) is 64.6 Å². The van der Waals surface area contributed by atoms with E-state index < -0.39 is 24.0 Å². The lowest BCUT2D eigenvalue weighted by molar-refractivity contribution is -0.274. The van der Waals surface area contributed by atoms with Gasteiger partial charge >= 0.3 is 18.2 Å². The molecule has 1 rings (SSSR count). The minimum absolute atomic E-state index is 0.0141. The van der Waals surface area contributed by atoms with Gasteiger partial charge in [-0.15, -0.1) is 13.2 Å². The molecule has 0 fully saturated rings. The van der Waals surface area contributed by atoms with Crippen molar-refractivity contribution in [3.8, 4) is 5.75 Å². The number of carbonyl (C=O) groups excluding carboxylic acids is 2. The zero-order valence-electron chi connectivity index (χ0n) is 9.78. The van der Waals surface area contributed by atoms with Gasteiger partial charge < -0.3 is 14.8 Å². The number of hydrogen-bond acceptors (Lipinski definition) is 4. The van der Waals surface area contributed by atoms with Gasteiger partial charge in [-0.1, -0.05) is 6.07 Å². The van der Waals surface area contributed by atoms with Crippen molar-refractivity contribution in [3.63, 3.8) is 0 Å². The highest BCUT2D eigenvalue weighted by Gasteiger charge is 2.31. The van der Waals surface area contributed by atoms with E-state index in [9.17, 15) is 22.8 Å². The highest BCUT2D eigenvalue weighted by Crippen LogP contribution is 2.24. The lowest BCUT2D eigenvalue weighted by Crippen LogP contribution is -2.25. The second kappa shape index (κ2) is 6.07. The molecule has 0 aliphatic heterocycles. The Kier molecular flexibility index (Phi) is 4.74. The molecule has 0 aromatic heterocycles. The molecule has 0 heterocycles. The first-order valence-corrected chi connectivity index (χ1v) is 5.15. The van der Waals surface area contributed by atoms with Crippen molar-refractivity contribution >= 4 is 17.6 Å². The fourth-order valence-electron chi connectivity index (χ4n) is 1.15. The van der Waals surface area contributed by atoms with Gasteiger partial charge in [0.1, 0.15) is 5.75 Å². The van der Waals surface area contributed by atoms with Crippen LogP contribution in [0, 0.1) is 0 Å². The summed E-state index contributed by atoms with van der Waals surface area (Å²) in [5.41, 5.74) is -0.0141. The summed E-state index contributed by atoms with van der Waals surface area (Å²) < 4.78 is 44.0. The number of ether oxygens (including phenoxy) is 2. The van der Waals surface area contributed by atoms with Crippen molar-refractivity contribution in [3.05, 3.63) is 24.3 Å². The molecule has 0 spiro atoms. The van der Waals surface area contributed by atoms with Crippen LogP contribution >= 0.6 is 0 Å². The first kappa shape index (κ1) is 14.8. The normalized spacial score (nSPS) is 10.7. The summed E-state index contributed by atoms with van der Waals surface area (Å²) in [4.78, 5) is 22.3. The number of anilines is 1. The van der Waals surface area contributed by atoms with E-state index in [1.54, 1.807) is 0 Å². The van der Waals surface area contributed by atoms with Gasteiger partial charge in [0.25, 0.3) is 0 Å². The molecule has 0 bridgehead atoms. The van der Waals surface area contributed by atoms with Gasteiger partial charge in [0.2, 0.25) is 0 Å². The molecule has 0 radical (unpaired) electrons. The van der Waals surface area contributed by atoms with Crippen LogP contribution in [0.4, 0.5) is 18.9 Å². The van der Waals surface area contributed by atoms with E-state index in [1.165, 1.54) is 19.1 Å². The number of benzene rings is 1. The monoisotopic (exact) mass is 277 g/mol. The Morgan fingerprint density at radius 2 is 2.00 bits per heavy atom. The van der Waals surface area contributed by atoms with Crippen molar-refractivity contribution < 1.29 is 32.2 Å². The maximum atomic E-state index is 12.0. The minimum Gasteiger partial charge on any atom is -0.459 e. The summed E-state index contributed by atoms with van der Waals surface area (Å²) in [6, 6.07) is 4.54. The number of alkyl halides is 3. The lowest BCUT2D eigenvalue weighted by atomic mass is 10.3. The second-order valence-corrected chi connectivity index (χ2v) is 3.25. The molecule has 0 saturated heterocycles. The Balaban J connectivity index is 2.72. The van der Waals surface area contributed by atoms with Gasteiger partial charge in [-0.2, -0.15) is 0 Å². The predicted molar refractivity (Wildman–Crippen MR) is 58.4 cm³/mol. The molecule has 0 aliphatic carbocycles. The highest BCUT2D eigenvalue weighted by molar-refractivity contribution is 6.37. The van der Waals surface area contributed by atoms with Crippen molar-refractivity contribution in [1.82, 2.24) is 0 Å². The van der Waals surface area contributed by atoms with Gasteiger partial charge in [-0.05, 0) is 19.1 Å². The van der Waals surface area contributed by atoms with E-state index in [-0.39, 0.29) is 12.3 Å². The van der Waals surface area contributed by atoms with Crippen LogP contribution in [0.2, 0.25) is 0 Å². The van der Waals surface area contributed by atoms with Gasteiger partial charge in [0.15, 0.2) is 0 Å². The summed E-state index contributed by atoms with van der Waals surface area (Å²) >= 11 is 0. The van der Waals surface area contributed by atoms with E-state index in [0.29, 0.717) is 0 Å². The van der Waals surface area contributed by atoms with Gasteiger partial charge in [-0.3, -0.25) is 4.79 Å². The third kappa shape index (κ3) is 5.28. The van der Waals surface area contributed by atoms with Crippen molar-refractivity contribution in [2.75, 3.05) is 11.9 Å². The Labute approximate surface area is 106 Å². The largest absolute Gasteiger partial charge is 0.573 e. The molecule has 1 N–H and O–H groups in total. The van der Waals surface area contributed by atoms with Gasteiger partial charge in [0.05, 0.1) is 6.61 Å². The average Bonchev–Trinajstić information content (AvgIpc) is 2.27. The first-order valence-electron chi connectivity index (χ1n) is 5.15. The van der Waals surface area contributed by atoms with E-state index in [4.69, 9.17) is 0 Å². The highest BCUT2D eigenvalue weighted by atomic mass is 19.4. The molecule has 1 amide bonds. The fraction of sp³-hybridized carbons (Fsp3) is 0.273. The number of nitrogens with one attached hydrogen (secondary N) is 1. The van der Waals surface area contributed by atoms with E-state index in [2.05, 4.69) is 14.8 Å². The molecule has 0 atom stereocenters. The summed E-state index contributed by atoms with van der Waals surface area (Å²) in [7, 11) is 0. The molecule has 5 nitrogen and oxygen atoms in total. The van der Waals surface area contributed by atoms with Gasteiger partial charge in [-0.25, -0.2) is 4.79 Å². The number of hydrogen-bond donors (Lipinski definition) is 1. The summed E-state index contributed by atoms with van der Waals surface area (Å²) in [5.74, 6) is -2.70. The Bertz CT molecular complexity index is 473. The molecule has 0 aliphatic rings. The first-order chi connectivity index (χ1) is 8.81. The number of rotatable bonds is 3. The molecule has 104 valence electrons. The van der Waals surface area contributed by atoms with Crippen LogP contribution in [0.5, 0.6) is 5.75 Å². The smallest absolute Gasteiger partial charge is 0.459 e. The molecule has 1 aromatic rings. The quantitative estimate of drug-likeness (QED) is 0.678. The summed E-state index contributed by atoms with van der Waals surface area (Å²) in [6.07, 6.45) is -4.83. The maximum Gasteiger partial charge on any atom is 0.573 e. The average molecular weight is 277 g/mol. The number of carbonyl (C=O) groups is 2. The maximum absolute atomic E-state index is 12.0. The predicted octanol–water partition coefficient (Wildman–Crippen LogP) is 2.09. The van der Waals surface area contributed by atoms with Crippen LogP contribution in [0.1, 0.15) is 6.92 Å². The Morgan fingerprint density at radius 3 is 2.58 bits per heavy atom. The van der Waals surface area contributed by atoms with Crippen molar-refractivity contribution in [2.45, 2.75) is 13.3 Å². The fourth-order valence-corrected chi connectivity index (χ4v) is 1.15. The third-order valence-corrected chi connectivity index (χ3v) is 1.79. The number of esters is 1. The molecule has 19 heavy (non-hydrogen) atoms. The SMILES string of the molecule is CCOC(=O)C(=O)Nc1cccc(OC(F)(F)F)c1. The zero-order valence-corrected chi connectivity index (χ0v) is 9.78. The molecule has 0 unspecified atom stereocenters. The third-order valence-electron chi connectivity index (χ3n) is 1.79. The summed E-state index contributed by atoms with van der Waals surface area (Å²) in [5, 5.41) is 2.09. The second-order valence-electron chi connectivity index (χ2n) is 3.25. The van der Waals surface area contributed by atoms with Gasteiger partial charge in [0, 0.05) is 11.8 Å². The number of halogens is 3. The molecule has 0 saturated carbocycles. The lowest BCUT2D eigenvalue weighted by Gasteiger charge is -2.10. The standard InChI is InChI=1S/C11H10F3NO4/c1-2-18-10(17)9(16)15-7-4-3-5-8(6-7)19-11(12,13)14/h3-6H,2H2,1H3,(H,15,16). The molecule has 8 heteroatoms. The molecular formula is C11H10F3NO4. The van der Waals surface area contributed by atoms with E-state index >= 15 is 0 Å². The van der Waals surface area contributed by atoms with Crippen LogP contribution in [0.25, 0.3) is 0 Å². The molecule has 1 aromatic carbocycles. The van der Waals surface area contributed by atoms with Crippen LogP contribution in [0.15, 0.2) is 24.3 Å². The minimum atomic E-state index is -4.83.